The second-order valence-corrected chi connectivity index (χ2v) is 9.32. The SMILES string of the molecule is C=C(C)C(=O)OCCOC(=O)NCCCCCCNC(=O)OCC(COC1CCCCC1)OC(=O)C(=C)C. The number of rotatable bonds is 18. The Balaban J connectivity index is 2.10. The number of ether oxygens (including phenoxy) is 5. The third-order valence-corrected chi connectivity index (χ3v) is 5.63. The van der Waals surface area contributed by atoms with Crippen molar-refractivity contribution in [3.8, 4) is 0 Å². The highest BCUT2D eigenvalue weighted by molar-refractivity contribution is 5.87. The van der Waals surface area contributed by atoms with Crippen LogP contribution >= 0.6 is 0 Å². The van der Waals surface area contributed by atoms with E-state index in [0.29, 0.717) is 13.1 Å². The molecule has 0 aromatic rings. The van der Waals surface area contributed by atoms with E-state index in [-0.39, 0.29) is 43.7 Å². The largest absolute Gasteiger partial charge is 0.459 e. The molecule has 1 unspecified atom stereocenters. The van der Waals surface area contributed by atoms with Crippen LogP contribution in [0.5, 0.6) is 0 Å². The Bertz CT molecular complexity index is 779. The molecule has 0 aromatic heterocycles. The summed E-state index contributed by atoms with van der Waals surface area (Å²) >= 11 is 0. The quantitative estimate of drug-likeness (QED) is 0.114. The first-order chi connectivity index (χ1) is 18.2. The smallest absolute Gasteiger partial charge is 0.407 e. The average Bonchev–Trinajstić information content (AvgIpc) is 2.89. The maximum absolute atomic E-state index is 12.0. The molecular weight excluding hydrogens is 496 g/mol. The van der Waals surface area contributed by atoms with Gasteiger partial charge >= 0.3 is 24.1 Å². The molecule has 0 aliphatic heterocycles. The van der Waals surface area contributed by atoms with Gasteiger partial charge in [-0.2, -0.15) is 0 Å². The van der Waals surface area contributed by atoms with Crippen molar-refractivity contribution in [3.63, 3.8) is 0 Å². The van der Waals surface area contributed by atoms with Gasteiger partial charge in [0.1, 0.15) is 19.8 Å². The normalized spacial score (nSPS) is 14.1. The molecule has 1 fully saturated rings. The van der Waals surface area contributed by atoms with Gasteiger partial charge in [0.25, 0.3) is 0 Å². The van der Waals surface area contributed by atoms with Crippen LogP contribution in [0, 0.1) is 0 Å². The van der Waals surface area contributed by atoms with Crippen molar-refractivity contribution in [1.82, 2.24) is 10.6 Å². The number of carbonyl (C=O) groups is 4. The minimum absolute atomic E-state index is 0.0247. The van der Waals surface area contributed by atoms with E-state index < -0.39 is 30.2 Å². The van der Waals surface area contributed by atoms with Crippen LogP contribution in [0.4, 0.5) is 9.59 Å². The first-order valence-electron chi connectivity index (χ1n) is 13.3. The van der Waals surface area contributed by atoms with E-state index in [1.807, 2.05) is 0 Å². The molecule has 11 heteroatoms. The molecule has 1 atom stereocenters. The van der Waals surface area contributed by atoms with Gasteiger partial charge in [-0.25, -0.2) is 19.2 Å². The predicted octanol–water partition coefficient (Wildman–Crippen LogP) is 3.96. The van der Waals surface area contributed by atoms with Crippen LogP contribution in [0.15, 0.2) is 24.3 Å². The summed E-state index contributed by atoms with van der Waals surface area (Å²) in [5.41, 5.74) is 0.553. The Labute approximate surface area is 225 Å². The maximum Gasteiger partial charge on any atom is 0.407 e. The fraction of sp³-hybridized carbons (Fsp3) is 0.704. The van der Waals surface area contributed by atoms with Crippen molar-refractivity contribution in [2.75, 3.05) is 39.5 Å². The highest BCUT2D eigenvalue weighted by atomic mass is 16.6. The maximum atomic E-state index is 12.0. The van der Waals surface area contributed by atoms with Crippen LogP contribution in [0.3, 0.4) is 0 Å². The second kappa shape index (κ2) is 20.0. The summed E-state index contributed by atoms with van der Waals surface area (Å²) in [7, 11) is 0. The molecule has 11 nitrogen and oxygen atoms in total. The highest BCUT2D eigenvalue weighted by Crippen LogP contribution is 2.20. The van der Waals surface area contributed by atoms with Crippen molar-refractivity contribution in [1.29, 1.82) is 0 Å². The van der Waals surface area contributed by atoms with Gasteiger partial charge in [-0.3, -0.25) is 0 Å². The van der Waals surface area contributed by atoms with E-state index in [0.717, 1.165) is 51.4 Å². The Morgan fingerprint density at radius 2 is 1.29 bits per heavy atom. The number of amides is 2. The molecule has 0 radical (unpaired) electrons. The minimum atomic E-state index is -0.697. The lowest BCUT2D eigenvalue weighted by Crippen LogP contribution is -2.34. The number of hydrogen-bond donors (Lipinski definition) is 2. The van der Waals surface area contributed by atoms with Gasteiger partial charge in [0, 0.05) is 24.2 Å². The van der Waals surface area contributed by atoms with E-state index in [2.05, 4.69) is 23.8 Å². The molecule has 0 saturated heterocycles. The lowest BCUT2D eigenvalue weighted by atomic mass is 9.98. The van der Waals surface area contributed by atoms with Crippen molar-refractivity contribution in [2.45, 2.75) is 83.8 Å². The van der Waals surface area contributed by atoms with Gasteiger partial charge in [0.2, 0.25) is 0 Å². The van der Waals surface area contributed by atoms with Gasteiger partial charge in [-0.1, -0.05) is 45.3 Å². The molecular formula is C27H44N2O9. The summed E-state index contributed by atoms with van der Waals surface area (Å²) in [6.45, 7) is 11.0. The zero-order valence-electron chi connectivity index (χ0n) is 22.8. The summed E-state index contributed by atoms with van der Waals surface area (Å²) in [4.78, 5) is 46.7. The third kappa shape index (κ3) is 16.6. The van der Waals surface area contributed by atoms with Crippen molar-refractivity contribution in [2.24, 2.45) is 0 Å². The van der Waals surface area contributed by atoms with Crippen molar-refractivity contribution in [3.05, 3.63) is 24.3 Å². The van der Waals surface area contributed by atoms with Gasteiger partial charge in [-0.05, 0) is 39.5 Å². The number of unbranched alkanes of at least 4 members (excludes halogenated alkanes) is 3. The molecule has 216 valence electrons. The zero-order chi connectivity index (χ0) is 28.2. The number of alkyl carbamates (subject to hydrolysis) is 2. The summed E-state index contributed by atoms with van der Waals surface area (Å²) in [5, 5.41) is 5.30. The average molecular weight is 541 g/mol. The van der Waals surface area contributed by atoms with Gasteiger partial charge < -0.3 is 34.3 Å². The van der Waals surface area contributed by atoms with Crippen molar-refractivity contribution < 1.29 is 42.9 Å². The predicted molar refractivity (Wildman–Crippen MR) is 140 cm³/mol. The molecule has 0 aromatic carbocycles. The summed E-state index contributed by atoms with van der Waals surface area (Å²) in [6, 6.07) is 0. The van der Waals surface area contributed by atoms with Crippen LogP contribution in [0.2, 0.25) is 0 Å². The lowest BCUT2D eigenvalue weighted by molar-refractivity contribution is -0.152. The summed E-state index contributed by atoms with van der Waals surface area (Å²) in [5.74, 6) is -1.07. The second-order valence-electron chi connectivity index (χ2n) is 9.32. The molecule has 1 aliphatic carbocycles. The number of carbonyl (C=O) groups excluding carboxylic acids is 4. The lowest BCUT2D eigenvalue weighted by Gasteiger charge is -2.25. The van der Waals surface area contributed by atoms with Crippen LogP contribution in [-0.4, -0.2) is 75.9 Å². The molecule has 0 heterocycles. The minimum Gasteiger partial charge on any atom is -0.459 e. The number of nitrogens with one attached hydrogen (secondary N) is 2. The van der Waals surface area contributed by atoms with Crippen LogP contribution in [0.1, 0.15) is 71.6 Å². The topological polar surface area (TPSA) is 138 Å². The zero-order valence-corrected chi connectivity index (χ0v) is 22.8. The molecule has 38 heavy (non-hydrogen) atoms. The monoisotopic (exact) mass is 540 g/mol. The molecule has 2 amide bonds. The van der Waals surface area contributed by atoms with E-state index in [9.17, 15) is 19.2 Å². The van der Waals surface area contributed by atoms with E-state index in [4.69, 9.17) is 23.7 Å². The molecule has 0 spiro atoms. The van der Waals surface area contributed by atoms with Gasteiger partial charge in [0.15, 0.2) is 6.10 Å². The van der Waals surface area contributed by atoms with Crippen LogP contribution in [0.25, 0.3) is 0 Å². The third-order valence-electron chi connectivity index (χ3n) is 5.63. The fourth-order valence-electron chi connectivity index (χ4n) is 3.49. The van der Waals surface area contributed by atoms with Crippen LogP contribution < -0.4 is 10.6 Å². The van der Waals surface area contributed by atoms with Crippen LogP contribution in [-0.2, 0) is 33.3 Å². The summed E-state index contributed by atoms with van der Waals surface area (Å²) < 4.78 is 26.2. The molecule has 1 rings (SSSR count). The van der Waals surface area contributed by atoms with E-state index in [1.54, 1.807) is 6.92 Å². The number of esters is 2. The summed E-state index contributed by atoms with van der Waals surface area (Å²) in [6.07, 6.45) is 6.91. The van der Waals surface area contributed by atoms with Gasteiger partial charge in [-0.15, -0.1) is 0 Å². The van der Waals surface area contributed by atoms with E-state index >= 15 is 0 Å². The Hall–Kier alpha value is -3.08. The Morgan fingerprint density at radius 1 is 0.737 bits per heavy atom. The first kappa shape index (κ1) is 32.9. The van der Waals surface area contributed by atoms with Crippen molar-refractivity contribution >= 4 is 24.1 Å². The number of hydrogen-bond acceptors (Lipinski definition) is 9. The molecule has 1 saturated carbocycles. The molecule has 2 N–H and O–H groups in total. The molecule has 0 bridgehead atoms. The first-order valence-corrected chi connectivity index (χ1v) is 13.3. The Morgan fingerprint density at radius 3 is 1.87 bits per heavy atom. The highest BCUT2D eigenvalue weighted by Gasteiger charge is 2.21. The Kier molecular flexibility index (Phi) is 17.3. The fourth-order valence-corrected chi connectivity index (χ4v) is 3.49. The molecule has 1 aliphatic rings. The van der Waals surface area contributed by atoms with E-state index in [1.165, 1.54) is 13.3 Å². The van der Waals surface area contributed by atoms with Gasteiger partial charge in [0.05, 0.1) is 12.7 Å². The standard InChI is InChI=1S/C27H44N2O9/c1-20(2)24(30)34-16-17-35-26(32)28-14-10-5-6-11-15-29-27(33)37-19-23(38-25(31)21(3)4)18-36-22-12-8-7-9-13-22/h22-23H,1,3,5-19H2,2,4H3,(H,28,32)(H,29,33).